The second kappa shape index (κ2) is 4.10. The Balaban J connectivity index is 2.07. The Hall–Kier alpha value is -0.610. The summed E-state index contributed by atoms with van der Waals surface area (Å²) >= 11 is 3.28. The Morgan fingerprint density at radius 3 is 2.80 bits per heavy atom. The summed E-state index contributed by atoms with van der Waals surface area (Å²) in [6, 6.07) is 1.73. The van der Waals surface area contributed by atoms with Crippen LogP contribution >= 0.6 is 15.9 Å². The first-order valence-corrected chi connectivity index (χ1v) is 5.77. The van der Waals surface area contributed by atoms with Gasteiger partial charge in [-0.3, -0.25) is 4.79 Å². The first-order chi connectivity index (χ1) is 7.17. The summed E-state index contributed by atoms with van der Waals surface area (Å²) < 4.78 is 11.3. The lowest BCUT2D eigenvalue weighted by atomic mass is 9.76. The first-order valence-electron chi connectivity index (χ1n) is 4.98. The summed E-state index contributed by atoms with van der Waals surface area (Å²) in [6.07, 6.45) is 4.99. The van der Waals surface area contributed by atoms with E-state index in [-0.39, 0.29) is 11.4 Å². The number of rotatable bonds is 4. The molecule has 0 aromatic carbocycles. The summed E-state index contributed by atoms with van der Waals surface area (Å²) in [7, 11) is 1.67. The third-order valence-corrected chi connectivity index (χ3v) is 3.68. The van der Waals surface area contributed by atoms with Crippen molar-refractivity contribution in [3.8, 4) is 0 Å². The molecule has 82 valence electrons. The lowest BCUT2D eigenvalue weighted by Crippen LogP contribution is -2.41. The SMILES string of the molecule is COC1(CC(=O)c2occc2Br)CCC1. The number of hydrogen-bond acceptors (Lipinski definition) is 3. The van der Waals surface area contributed by atoms with Crippen molar-refractivity contribution in [2.75, 3.05) is 7.11 Å². The van der Waals surface area contributed by atoms with Crippen LogP contribution in [0.15, 0.2) is 21.2 Å². The Morgan fingerprint density at radius 2 is 2.40 bits per heavy atom. The van der Waals surface area contributed by atoms with E-state index in [1.807, 2.05) is 0 Å². The molecule has 1 aliphatic carbocycles. The van der Waals surface area contributed by atoms with Crippen LogP contribution in [0.5, 0.6) is 0 Å². The average Bonchev–Trinajstić information content (AvgIpc) is 2.58. The number of ketones is 1. The van der Waals surface area contributed by atoms with Crippen LogP contribution < -0.4 is 0 Å². The van der Waals surface area contributed by atoms with Crippen molar-refractivity contribution in [2.24, 2.45) is 0 Å². The van der Waals surface area contributed by atoms with Crippen LogP contribution in [0, 0.1) is 0 Å². The highest BCUT2D eigenvalue weighted by molar-refractivity contribution is 9.10. The molecule has 1 fully saturated rings. The molecule has 1 aliphatic rings. The summed E-state index contributed by atoms with van der Waals surface area (Å²) in [5.41, 5.74) is -0.233. The highest BCUT2D eigenvalue weighted by atomic mass is 79.9. The summed E-state index contributed by atoms with van der Waals surface area (Å²) in [5, 5.41) is 0. The van der Waals surface area contributed by atoms with Crippen LogP contribution in [0.3, 0.4) is 0 Å². The molecule has 0 unspecified atom stereocenters. The highest BCUT2D eigenvalue weighted by Crippen LogP contribution is 2.39. The highest BCUT2D eigenvalue weighted by Gasteiger charge is 2.39. The molecule has 0 radical (unpaired) electrons. The maximum Gasteiger partial charge on any atom is 0.202 e. The standard InChI is InChI=1S/C11H13BrO3/c1-14-11(4-2-5-11)7-9(13)10-8(12)3-6-15-10/h3,6H,2,4-5,7H2,1H3. The van der Waals surface area contributed by atoms with Gasteiger partial charge in [0, 0.05) is 13.5 Å². The van der Waals surface area contributed by atoms with Crippen molar-refractivity contribution < 1.29 is 13.9 Å². The maximum atomic E-state index is 11.9. The van der Waals surface area contributed by atoms with Gasteiger partial charge in [0.1, 0.15) is 0 Å². The number of ether oxygens (including phenoxy) is 1. The van der Waals surface area contributed by atoms with Gasteiger partial charge in [-0.15, -0.1) is 0 Å². The molecule has 1 heterocycles. The lowest BCUT2D eigenvalue weighted by Gasteiger charge is -2.39. The molecule has 4 heteroatoms. The fraction of sp³-hybridized carbons (Fsp3) is 0.545. The first kappa shape index (κ1) is 10.9. The molecule has 0 spiro atoms. The minimum absolute atomic E-state index is 0.00780. The zero-order valence-electron chi connectivity index (χ0n) is 8.59. The quantitative estimate of drug-likeness (QED) is 0.791. The predicted molar refractivity (Wildman–Crippen MR) is 58.9 cm³/mol. The Bertz CT molecular complexity index is 360. The van der Waals surface area contributed by atoms with Gasteiger partial charge in [-0.2, -0.15) is 0 Å². The number of halogens is 1. The van der Waals surface area contributed by atoms with Crippen LogP contribution in [0.4, 0.5) is 0 Å². The van der Waals surface area contributed by atoms with E-state index in [1.165, 1.54) is 6.26 Å². The summed E-state index contributed by atoms with van der Waals surface area (Å²) in [6.45, 7) is 0. The molecular formula is C11H13BrO3. The zero-order valence-corrected chi connectivity index (χ0v) is 10.2. The Kier molecular flexibility index (Phi) is 2.98. The molecule has 1 aromatic heterocycles. The third-order valence-electron chi connectivity index (χ3n) is 3.05. The van der Waals surface area contributed by atoms with Crippen molar-refractivity contribution in [1.82, 2.24) is 0 Å². The fourth-order valence-corrected chi connectivity index (χ4v) is 2.31. The van der Waals surface area contributed by atoms with Crippen molar-refractivity contribution in [3.63, 3.8) is 0 Å². The normalized spacial score (nSPS) is 18.5. The van der Waals surface area contributed by atoms with Gasteiger partial charge in [0.2, 0.25) is 5.78 Å². The molecular weight excluding hydrogens is 260 g/mol. The van der Waals surface area contributed by atoms with Crippen molar-refractivity contribution >= 4 is 21.7 Å². The van der Waals surface area contributed by atoms with Gasteiger partial charge in [0.05, 0.1) is 16.3 Å². The van der Waals surface area contributed by atoms with Crippen LogP contribution in [0.1, 0.15) is 36.2 Å². The van der Waals surface area contributed by atoms with E-state index in [0.717, 1.165) is 23.7 Å². The molecule has 0 amide bonds. The van der Waals surface area contributed by atoms with Gasteiger partial charge in [-0.05, 0) is 41.3 Å². The Morgan fingerprint density at radius 1 is 1.67 bits per heavy atom. The molecule has 2 rings (SSSR count). The second-order valence-corrected chi connectivity index (χ2v) is 4.79. The topological polar surface area (TPSA) is 39.4 Å². The van der Waals surface area contributed by atoms with Gasteiger partial charge in [0.15, 0.2) is 5.76 Å². The molecule has 1 aromatic rings. The molecule has 0 aliphatic heterocycles. The monoisotopic (exact) mass is 272 g/mol. The number of methoxy groups -OCH3 is 1. The van der Waals surface area contributed by atoms with E-state index in [2.05, 4.69) is 15.9 Å². The van der Waals surface area contributed by atoms with E-state index in [0.29, 0.717) is 12.2 Å². The van der Waals surface area contributed by atoms with Crippen LogP contribution in [0.2, 0.25) is 0 Å². The number of hydrogen-bond donors (Lipinski definition) is 0. The fourth-order valence-electron chi connectivity index (χ4n) is 1.89. The third kappa shape index (κ3) is 2.01. The van der Waals surface area contributed by atoms with E-state index >= 15 is 0 Å². The molecule has 0 saturated heterocycles. The number of carbonyl (C=O) groups is 1. The lowest BCUT2D eigenvalue weighted by molar-refractivity contribution is -0.0708. The second-order valence-electron chi connectivity index (χ2n) is 3.94. The van der Waals surface area contributed by atoms with Gasteiger partial charge in [-0.25, -0.2) is 0 Å². The van der Waals surface area contributed by atoms with E-state index in [9.17, 15) is 4.79 Å². The van der Waals surface area contributed by atoms with Crippen molar-refractivity contribution in [2.45, 2.75) is 31.3 Å². The number of Topliss-reactive ketones (excluding diaryl/α,β-unsaturated/α-hetero) is 1. The summed E-state index contributed by atoms with van der Waals surface area (Å²) in [4.78, 5) is 11.9. The summed E-state index contributed by atoms with van der Waals surface area (Å²) in [5.74, 6) is 0.409. The molecule has 0 N–H and O–H groups in total. The van der Waals surface area contributed by atoms with Crippen LogP contribution in [-0.4, -0.2) is 18.5 Å². The molecule has 0 bridgehead atoms. The van der Waals surface area contributed by atoms with E-state index < -0.39 is 0 Å². The molecule has 0 atom stereocenters. The number of carbonyl (C=O) groups excluding carboxylic acids is 1. The molecule has 1 saturated carbocycles. The average molecular weight is 273 g/mol. The van der Waals surface area contributed by atoms with Crippen molar-refractivity contribution in [3.05, 3.63) is 22.6 Å². The Labute approximate surface area is 96.9 Å². The van der Waals surface area contributed by atoms with Gasteiger partial charge in [0.25, 0.3) is 0 Å². The molecule has 15 heavy (non-hydrogen) atoms. The van der Waals surface area contributed by atoms with Crippen LogP contribution in [0.25, 0.3) is 0 Å². The minimum Gasteiger partial charge on any atom is -0.460 e. The predicted octanol–water partition coefficient (Wildman–Crippen LogP) is 3.18. The van der Waals surface area contributed by atoms with E-state index in [1.54, 1.807) is 13.2 Å². The van der Waals surface area contributed by atoms with Crippen LogP contribution in [-0.2, 0) is 4.74 Å². The molecule has 3 nitrogen and oxygen atoms in total. The largest absolute Gasteiger partial charge is 0.460 e. The van der Waals surface area contributed by atoms with Gasteiger partial charge in [-0.1, -0.05) is 0 Å². The van der Waals surface area contributed by atoms with Gasteiger partial charge < -0.3 is 9.15 Å². The zero-order chi connectivity index (χ0) is 10.9. The number of furan rings is 1. The maximum absolute atomic E-state index is 11.9. The van der Waals surface area contributed by atoms with E-state index in [4.69, 9.17) is 9.15 Å². The minimum atomic E-state index is -0.233. The van der Waals surface area contributed by atoms with Crippen molar-refractivity contribution in [1.29, 1.82) is 0 Å². The van der Waals surface area contributed by atoms with Gasteiger partial charge >= 0.3 is 0 Å². The smallest absolute Gasteiger partial charge is 0.202 e.